The van der Waals surface area contributed by atoms with Crippen LogP contribution in [0, 0.1) is 0 Å². The maximum Gasteiger partial charge on any atom is 0.460 e. The van der Waals surface area contributed by atoms with E-state index in [1.165, 1.54) is 0 Å². The summed E-state index contributed by atoms with van der Waals surface area (Å²) < 4.78 is 280. The van der Waals surface area contributed by atoms with Crippen molar-refractivity contribution in [2.45, 2.75) is 98.1 Å². The van der Waals surface area contributed by atoms with Crippen LogP contribution in [0.5, 0.6) is 0 Å². The third-order valence-electron chi connectivity index (χ3n) is 6.57. The van der Waals surface area contributed by atoms with Gasteiger partial charge in [0.2, 0.25) is 5.91 Å². The zero-order valence-corrected chi connectivity index (χ0v) is 23.5. The predicted molar refractivity (Wildman–Crippen MR) is 114 cm³/mol. The second kappa shape index (κ2) is 13.5. The van der Waals surface area contributed by atoms with Gasteiger partial charge < -0.3 is 19.7 Å². The Morgan fingerprint density at radius 2 is 1.12 bits per heavy atom. The van der Waals surface area contributed by atoms with E-state index in [4.69, 9.17) is 4.74 Å². The van der Waals surface area contributed by atoms with Gasteiger partial charge >= 0.3 is 53.6 Å². The highest BCUT2D eigenvalue weighted by molar-refractivity contribution is 5.88. The predicted octanol–water partition coefficient (Wildman–Crippen LogP) is 5.38. The second-order valence-electron chi connectivity index (χ2n) is 10.00. The minimum atomic E-state index is -9.19. The van der Waals surface area contributed by atoms with Crippen molar-refractivity contribution in [1.82, 2.24) is 4.90 Å². The van der Waals surface area contributed by atoms with Crippen molar-refractivity contribution in [3.05, 3.63) is 12.3 Å². The highest BCUT2D eigenvalue weighted by Crippen LogP contribution is 2.65. The summed E-state index contributed by atoms with van der Waals surface area (Å²) in [4.78, 5) is 23.3. The number of carbonyl (C=O) groups is 2. The Bertz CT molecular complexity index is 1240. The van der Waals surface area contributed by atoms with E-state index in [-0.39, 0.29) is 4.90 Å². The molecule has 7 nitrogen and oxygen atoms in total. The molecule has 0 radical (unpaired) electrons. The van der Waals surface area contributed by atoms with Crippen LogP contribution in [0.1, 0.15) is 13.8 Å². The Morgan fingerprint density at radius 3 is 1.47 bits per heavy atom. The highest BCUT2D eigenvalue weighted by Gasteiger charge is 2.97. The van der Waals surface area contributed by atoms with Gasteiger partial charge in [0, 0.05) is 13.1 Å². The number of rotatable bonds is 15. The van der Waals surface area contributed by atoms with Crippen LogP contribution in [0.3, 0.4) is 0 Å². The lowest BCUT2D eigenvalue weighted by atomic mass is 9.86. The molecule has 49 heavy (non-hydrogen) atoms. The molecule has 27 heteroatoms. The number of amides is 1. The summed E-state index contributed by atoms with van der Waals surface area (Å²) in [6.07, 6.45) is -21.3. The first-order chi connectivity index (χ1) is 21.5. The van der Waals surface area contributed by atoms with E-state index < -0.39 is 109 Å². The number of aliphatic hydroxyl groups is 2. The largest absolute Gasteiger partial charge is 0.460 e. The number of carbonyl (C=O) groups excluding carboxylic acids is 2. The number of ether oxygens (including phenoxy) is 2. The van der Waals surface area contributed by atoms with Gasteiger partial charge in [-0.3, -0.25) is 14.5 Å². The van der Waals surface area contributed by atoms with Crippen molar-refractivity contribution >= 4 is 11.7 Å². The third kappa shape index (κ3) is 6.86. The molecule has 2 N–H and O–H groups in total. The molecule has 2 unspecified atom stereocenters. The summed E-state index contributed by atoms with van der Waals surface area (Å²) >= 11 is 0. The van der Waals surface area contributed by atoms with Gasteiger partial charge in [-0.25, -0.2) is 4.39 Å². The van der Waals surface area contributed by atoms with Crippen molar-refractivity contribution in [3.8, 4) is 0 Å². The van der Waals surface area contributed by atoms with E-state index >= 15 is 0 Å². The van der Waals surface area contributed by atoms with Gasteiger partial charge in [-0.1, -0.05) is 0 Å². The van der Waals surface area contributed by atoms with Crippen LogP contribution >= 0.6 is 0 Å². The molecular formula is C22H19F20NO6. The number of allylic oxidation sites excluding steroid dienone is 1. The topological polar surface area (TPSA) is 96.3 Å². The normalized spacial score (nSPS) is 23.3. The molecule has 5 atom stereocenters. The SMILES string of the molecule is CC(=O)/C=C\N(C(C)=O)[C@@H]1O[C@H](CO)C(O)[C@@H]1OCC(F)C(F)(F)C(F)(F)C(F)(F)C(F)(F)C(F)(F)C(F)(F)C(F)(F)C(F)(F)C(F)(F)F. The number of aliphatic hydroxyl groups excluding tert-OH is 2. The monoisotopic (exact) mass is 773 g/mol. The molecule has 0 aliphatic carbocycles. The van der Waals surface area contributed by atoms with Gasteiger partial charge in [0.05, 0.1) is 13.2 Å². The van der Waals surface area contributed by atoms with Gasteiger partial charge in [-0.15, -0.1) is 0 Å². The van der Waals surface area contributed by atoms with Crippen molar-refractivity contribution in [2.75, 3.05) is 13.2 Å². The molecule has 288 valence electrons. The quantitative estimate of drug-likeness (QED) is 0.172. The summed E-state index contributed by atoms with van der Waals surface area (Å²) in [7, 11) is 0. The van der Waals surface area contributed by atoms with Crippen LogP contribution in [0.15, 0.2) is 12.3 Å². The summed E-state index contributed by atoms with van der Waals surface area (Å²) in [5, 5.41) is 19.3. The first kappa shape index (κ1) is 44.3. The van der Waals surface area contributed by atoms with Gasteiger partial charge in [0.15, 0.2) is 18.2 Å². The number of nitrogens with zero attached hydrogens (tertiary/aromatic N) is 1. The standard InChI is InChI=1S/C22H19F20NO6/c1-7(45)3-4-43(8(2)46)13-12(11(47)9(5-44)49-13)48-6-10(23)14(24,25)15(26,27)16(28,29)17(30,31)18(32,33)19(34,35)20(36,37)21(38,39)22(40,41)42/h3-4,9-13,44,47H,5-6H2,1-2H3/b4-3-/t9-,10?,11?,12+,13-/m1/s1. The first-order valence-electron chi connectivity index (χ1n) is 12.3. The fourth-order valence-electron chi connectivity index (χ4n) is 3.70. The summed E-state index contributed by atoms with van der Waals surface area (Å²) in [6, 6.07) is 0. The lowest BCUT2D eigenvalue weighted by molar-refractivity contribution is -0.470. The molecule has 0 spiro atoms. The molecular weight excluding hydrogens is 754 g/mol. The Kier molecular flexibility index (Phi) is 12.2. The highest BCUT2D eigenvalue weighted by atomic mass is 19.4. The Labute approximate surface area is 258 Å². The van der Waals surface area contributed by atoms with E-state index in [1.807, 2.05) is 0 Å². The van der Waals surface area contributed by atoms with Crippen molar-refractivity contribution in [1.29, 1.82) is 0 Å². The number of ketones is 1. The maximum atomic E-state index is 14.4. The molecule has 0 aromatic carbocycles. The second-order valence-corrected chi connectivity index (χ2v) is 10.00. The van der Waals surface area contributed by atoms with Crippen LogP contribution < -0.4 is 0 Å². The Balaban J connectivity index is 3.57. The molecule has 1 amide bonds. The summed E-state index contributed by atoms with van der Waals surface area (Å²) in [5.74, 6) is -71.8. The minimum Gasteiger partial charge on any atom is -0.394 e. The van der Waals surface area contributed by atoms with Crippen LogP contribution in [0.25, 0.3) is 0 Å². The Morgan fingerprint density at radius 1 is 0.735 bits per heavy atom. The first-order valence-corrected chi connectivity index (χ1v) is 12.3. The van der Waals surface area contributed by atoms with Crippen LogP contribution in [0.4, 0.5) is 87.8 Å². The number of hydrogen-bond acceptors (Lipinski definition) is 6. The lowest BCUT2D eigenvalue weighted by Gasteiger charge is -2.44. The van der Waals surface area contributed by atoms with Crippen molar-refractivity contribution in [2.24, 2.45) is 0 Å². The van der Waals surface area contributed by atoms with Gasteiger partial charge in [-0.2, -0.15) is 83.4 Å². The zero-order chi connectivity index (χ0) is 39.4. The average Bonchev–Trinajstić information content (AvgIpc) is 3.24. The molecule has 1 rings (SSSR count). The van der Waals surface area contributed by atoms with Gasteiger partial charge in [-0.05, 0) is 13.0 Å². The molecule has 1 heterocycles. The Hall–Kier alpha value is -2.68. The minimum absolute atomic E-state index is 0.250. The van der Waals surface area contributed by atoms with E-state index in [1.54, 1.807) is 0 Å². The molecule has 0 bridgehead atoms. The van der Waals surface area contributed by atoms with Gasteiger partial charge in [0.1, 0.15) is 18.3 Å². The van der Waals surface area contributed by atoms with E-state index in [2.05, 4.69) is 4.74 Å². The molecule has 0 saturated carbocycles. The van der Waals surface area contributed by atoms with Crippen molar-refractivity contribution in [3.63, 3.8) is 0 Å². The molecule has 0 aromatic heterocycles. The number of hydrogen-bond donors (Lipinski definition) is 2. The average molecular weight is 773 g/mol. The molecule has 1 fully saturated rings. The lowest BCUT2D eigenvalue weighted by Crippen LogP contribution is -2.76. The van der Waals surface area contributed by atoms with E-state index in [0.29, 0.717) is 19.2 Å². The summed E-state index contributed by atoms with van der Waals surface area (Å²) in [5.41, 5.74) is 0. The maximum absolute atomic E-state index is 14.4. The van der Waals surface area contributed by atoms with Crippen molar-refractivity contribution < 1.29 is 117 Å². The molecule has 1 saturated heterocycles. The molecule has 1 aliphatic heterocycles. The fourth-order valence-corrected chi connectivity index (χ4v) is 3.70. The van der Waals surface area contributed by atoms with E-state index in [9.17, 15) is 108 Å². The van der Waals surface area contributed by atoms with Gasteiger partial charge in [0.25, 0.3) is 0 Å². The zero-order valence-electron chi connectivity index (χ0n) is 23.5. The summed E-state index contributed by atoms with van der Waals surface area (Å²) in [6.45, 7) is -2.58. The van der Waals surface area contributed by atoms with E-state index in [0.717, 1.165) is 6.92 Å². The van der Waals surface area contributed by atoms with Crippen LogP contribution in [0.2, 0.25) is 0 Å². The van der Waals surface area contributed by atoms with Crippen LogP contribution in [-0.2, 0) is 19.1 Å². The fraction of sp³-hybridized carbons (Fsp3) is 0.818. The number of alkyl halides is 20. The van der Waals surface area contributed by atoms with Crippen LogP contribution in [-0.4, -0.2) is 124 Å². The molecule has 1 aliphatic rings. The number of halogens is 20. The molecule has 0 aromatic rings. The third-order valence-corrected chi connectivity index (χ3v) is 6.57. The smallest absolute Gasteiger partial charge is 0.394 e.